The van der Waals surface area contributed by atoms with E-state index in [1.807, 2.05) is 6.07 Å². The molecule has 0 radical (unpaired) electrons. The van der Waals surface area contributed by atoms with Gasteiger partial charge in [-0.05, 0) is 38.8 Å². The summed E-state index contributed by atoms with van der Waals surface area (Å²) in [5.41, 5.74) is 2.24. The zero-order valence-electron chi connectivity index (χ0n) is 12.1. The van der Waals surface area contributed by atoms with Gasteiger partial charge in [0.15, 0.2) is 0 Å². The zero-order chi connectivity index (χ0) is 13.6. The van der Waals surface area contributed by atoms with Crippen molar-refractivity contribution in [3.8, 4) is 0 Å². The van der Waals surface area contributed by atoms with E-state index in [4.69, 9.17) is 9.47 Å². The lowest BCUT2D eigenvalue weighted by Gasteiger charge is -2.32. The van der Waals surface area contributed by atoms with E-state index in [1.54, 1.807) is 14.2 Å². The Morgan fingerprint density at radius 3 is 2.50 bits per heavy atom. The van der Waals surface area contributed by atoms with E-state index >= 15 is 0 Å². The van der Waals surface area contributed by atoms with Gasteiger partial charge in [-0.2, -0.15) is 0 Å². The molecule has 1 aromatic rings. The number of methoxy groups -OCH3 is 2. The molecule has 18 heavy (non-hydrogen) atoms. The number of ether oxygens (including phenoxy) is 2. The van der Waals surface area contributed by atoms with E-state index in [0.717, 1.165) is 18.7 Å². The molecule has 3 heteroatoms. The molecular weight excluding hydrogens is 226 g/mol. The summed E-state index contributed by atoms with van der Waals surface area (Å²) in [6.07, 6.45) is 0.916. The topological polar surface area (TPSA) is 30.5 Å². The fourth-order valence-electron chi connectivity index (χ4n) is 1.67. The van der Waals surface area contributed by atoms with Gasteiger partial charge >= 0.3 is 0 Å². The average molecular weight is 251 g/mol. The van der Waals surface area contributed by atoms with Crippen LogP contribution in [0.1, 0.15) is 26.3 Å². The van der Waals surface area contributed by atoms with Gasteiger partial charge in [-0.1, -0.05) is 18.2 Å². The summed E-state index contributed by atoms with van der Waals surface area (Å²) in [4.78, 5) is 0. The molecule has 0 aliphatic carbocycles. The SMILES string of the molecule is COCCc1ccccc1NC(C)C(C)(C)OC. The Labute approximate surface area is 110 Å². The molecule has 0 saturated heterocycles. The van der Waals surface area contributed by atoms with Gasteiger partial charge in [0, 0.05) is 19.9 Å². The lowest BCUT2D eigenvalue weighted by Crippen LogP contribution is -2.41. The first-order valence-electron chi connectivity index (χ1n) is 6.39. The van der Waals surface area contributed by atoms with Gasteiger partial charge in [0.1, 0.15) is 0 Å². The molecule has 1 aromatic carbocycles. The second kappa shape index (κ2) is 6.76. The minimum Gasteiger partial charge on any atom is -0.384 e. The normalized spacial score (nSPS) is 13.4. The van der Waals surface area contributed by atoms with Gasteiger partial charge in [-0.15, -0.1) is 0 Å². The smallest absolute Gasteiger partial charge is 0.0820 e. The largest absolute Gasteiger partial charge is 0.384 e. The number of hydrogen-bond acceptors (Lipinski definition) is 3. The Hall–Kier alpha value is -1.06. The van der Waals surface area contributed by atoms with Crippen molar-refractivity contribution in [2.75, 3.05) is 26.1 Å². The minimum atomic E-state index is -0.200. The Morgan fingerprint density at radius 1 is 1.22 bits per heavy atom. The lowest BCUT2D eigenvalue weighted by atomic mass is 9.99. The van der Waals surface area contributed by atoms with Crippen molar-refractivity contribution in [2.24, 2.45) is 0 Å². The van der Waals surface area contributed by atoms with Gasteiger partial charge in [-0.25, -0.2) is 0 Å². The van der Waals surface area contributed by atoms with Crippen LogP contribution in [0.2, 0.25) is 0 Å². The van der Waals surface area contributed by atoms with Gasteiger partial charge in [-0.3, -0.25) is 0 Å². The van der Waals surface area contributed by atoms with Gasteiger partial charge in [0.2, 0.25) is 0 Å². The van der Waals surface area contributed by atoms with Crippen LogP contribution in [-0.4, -0.2) is 32.5 Å². The number of para-hydroxylation sites is 1. The first-order valence-corrected chi connectivity index (χ1v) is 6.39. The minimum absolute atomic E-state index is 0.200. The fraction of sp³-hybridized carbons (Fsp3) is 0.600. The van der Waals surface area contributed by atoms with Crippen molar-refractivity contribution in [3.63, 3.8) is 0 Å². The predicted octanol–water partition coefficient (Wildman–Crippen LogP) is 3.10. The highest BCUT2D eigenvalue weighted by Crippen LogP contribution is 2.22. The molecule has 0 saturated carbocycles. The van der Waals surface area contributed by atoms with Crippen molar-refractivity contribution >= 4 is 5.69 Å². The molecule has 0 fully saturated rings. The molecule has 3 nitrogen and oxygen atoms in total. The molecular formula is C15H25NO2. The Bertz CT molecular complexity index is 363. The highest BCUT2D eigenvalue weighted by molar-refractivity contribution is 5.52. The maximum atomic E-state index is 5.51. The lowest BCUT2D eigenvalue weighted by molar-refractivity contribution is 0.0107. The molecule has 0 aliphatic rings. The quantitative estimate of drug-likeness (QED) is 0.807. The maximum absolute atomic E-state index is 5.51. The van der Waals surface area contributed by atoms with Crippen LogP contribution in [0.15, 0.2) is 24.3 Å². The number of nitrogens with one attached hydrogen (secondary N) is 1. The number of benzene rings is 1. The summed E-state index contributed by atoms with van der Waals surface area (Å²) in [5, 5.41) is 3.53. The molecule has 0 amide bonds. The highest BCUT2D eigenvalue weighted by atomic mass is 16.5. The van der Waals surface area contributed by atoms with Crippen molar-refractivity contribution < 1.29 is 9.47 Å². The van der Waals surface area contributed by atoms with Crippen LogP contribution in [0.5, 0.6) is 0 Å². The molecule has 1 unspecified atom stereocenters. The molecule has 0 aromatic heterocycles. The summed E-state index contributed by atoms with van der Waals surface area (Å²) in [5.74, 6) is 0. The summed E-state index contributed by atoms with van der Waals surface area (Å²) in [6, 6.07) is 8.57. The van der Waals surface area contributed by atoms with Crippen LogP contribution >= 0.6 is 0 Å². The Kier molecular flexibility index (Phi) is 5.63. The van der Waals surface area contributed by atoms with Gasteiger partial charge in [0.05, 0.1) is 18.2 Å². The summed E-state index contributed by atoms with van der Waals surface area (Å²) in [7, 11) is 3.47. The van der Waals surface area contributed by atoms with Crippen LogP contribution < -0.4 is 5.32 Å². The van der Waals surface area contributed by atoms with Gasteiger partial charge < -0.3 is 14.8 Å². The van der Waals surface area contributed by atoms with Gasteiger partial charge in [0.25, 0.3) is 0 Å². The van der Waals surface area contributed by atoms with E-state index in [2.05, 4.69) is 44.3 Å². The summed E-state index contributed by atoms with van der Waals surface area (Å²) < 4.78 is 10.6. The van der Waals surface area contributed by atoms with E-state index in [9.17, 15) is 0 Å². The van der Waals surface area contributed by atoms with Crippen molar-refractivity contribution in [1.82, 2.24) is 0 Å². The number of anilines is 1. The Balaban J connectivity index is 2.77. The number of rotatable bonds is 7. The monoisotopic (exact) mass is 251 g/mol. The molecule has 0 bridgehead atoms. The van der Waals surface area contributed by atoms with Crippen molar-refractivity contribution in [3.05, 3.63) is 29.8 Å². The van der Waals surface area contributed by atoms with Crippen LogP contribution in [0.25, 0.3) is 0 Å². The molecule has 102 valence electrons. The number of hydrogen-bond donors (Lipinski definition) is 1. The molecule has 0 spiro atoms. The van der Waals surface area contributed by atoms with Crippen molar-refractivity contribution in [1.29, 1.82) is 0 Å². The third-order valence-electron chi connectivity index (χ3n) is 3.53. The van der Waals surface area contributed by atoms with E-state index < -0.39 is 0 Å². The third kappa shape index (κ3) is 4.00. The second-order valence-electron chi connectivity index (χ2n) is 5.07. The molecule has 0 aliphatic heterocycles. The predicted molar refractivity (Wildman–Crippen MR) is 76.2 cm³/mol. The molecule has 0 heterocycles. The first-order chi connectivity index (χ1) is 8.51. The molecule has 1 rings (SSSR count). The van der Waals surface area contributed by atoms with Crippen LogP contribution in [0.4, 0.5) is 5.69 Å². The summed E-state index contributed by atoms with van der Waals surface area (Å²) >= 11 is 0. The summed E-state index contributed by atoms with van der Waals surface area (Å²) in [6.45, 7) is 7.04. The van der Waals surface area contributed by atoms with E-state index in [-0.39, 0.29) is 11.6 Å². The molecule has 1 N–H and O–H groups in total. The van der Waals surface area contributed by atoms with Crippen LogP contribution in [-0.2, 0) is 15.9 Å². The fourth-order valence-corrected chi connectivity index (χ4v) is 1.67. The van der Waals surface area contributed by atoms with Crippen LogP contribution in [0, 0.1) is 0 Å². The third-order valence-corrected chi connectivity index (χ3v) is 3.53. The van der Waals surface area contributed by atoms with E-state index in [1.165, 1.54) is 5.56 Å². The van der Waals surface area contributed by atoms with E-state index in [0.29, 0.717) is 0 Å². The average Bonchev–Trinajstić information content (AvgIpc) is 2.37. The standard InChI is InChI=1S/C15H25NO2/c1-12(15(2,3)18-5)16-14-9-7-6-8-13(14)10-11-17-4/h6-9,12,16H,10-11H2,1-5H3. The highest BCUT2D eigenvalue weighted by Gasteiger charge is 2.25. The van der Waals surface area contributed by atoms with Crippen LogP contribution in [0.3, 0.4) is 0 Å². The maximum Gasteiger partial charge on any atom is 0.0820 e. The Morgan fingerprint density at radius 2 is 1.89 bits per heavy atom. The zero-order valence-corrected chi connectivity index (χ0v) is 12.1. The second-order valence-corrected chi connectivity index (χ2v) is 5.07. The first kappa shape index (κ1) is 15.0. The molecule has 1 atom stereocenters. The van der Waals surface area contributed by atoms with Crippen molar-refractivity contribution in [2.45, 2.75) is 38.8 Å².